The maximum absolute atomic E-state index is 3.01. The Hall–Kier alpha value is -2.30. The fourth-order valence-corrected chi connectivity index (χ4v) is 14.3. The summed E-state index contributed by atoms with van der Waals surface area (Å²) >= 11 is 0. The maximum Gasteiger partial charge on any atom is 0.0321 e. The van der Waals surface area contributed by atoms with Crippen molar-refractivity contribution in [1.29, 1.82) is 0 Å². The minimum Gasteiger partial charge on any atom is -0.249 e. The lowest BCUT2D eigenvalue weighted by Crippen LogP contribution is -2.32. The molecule has 1 aliphatic rings. The lowest BCUT2D eigenvalue weighted by atomic mass is 10.0. The molecule has 4 aromatic rings. The van der Waals surface area contributed by atoms with Crippen LogP contribution in [0.3, 0.4) is 0 Å². The molecule has 0 aromatic heterocycles. The fraction of sp³-hybridized carbons (Fsp3) is 0.314. The molecule has 38 heavy (non-hydrogen) atoms. The SMILES string of the molecule is Cc1cc(C)cc(P(c2cc(C)cc(C)c2)N(C(C)C)P2[C@H](c3ccccc3)CC[C@H]2c2ccccc2)c1. The predicted octanol–water partition coefficient (Wildman–Crippen LogP) is 9.65. The number of hydrogen-bond donors (Lipinski definition) is 0. The Morgan fingerprint density at radius 2 is 0.974 bits per heavy atom. The van der Waals surface area contributed by atoms with Gasteiger partial charge in [-0.2, -0.15) is 0 Å². The molecule has 196 valence electrons. The summed E-state index contributed by atoms with van der Waals surface area (Å²) in [6.07, 6.45) is 2.50. The van der Waals surface area contributed by atoms with Crippen molar-refractivity contribution in [2.75, 3.05) is 0 Å². The summed E-state index contributed by atoms with van der Waals surface area (Å²) in [6, 6.07) is 37.7. The van der Waals surface area contributed by atoms with Gasteiger partial charge in [0.1, 0.15) is 0 Å². The third-order valence-electron chi connectivity index (χ3n) is 7.53. The van der Waals surface area contributed by atoms with Crippen molar-refractivity contribution in [3.05, 3.63) is 130 Å². The Morgan fingerprint density at radius 3 is 1.32 bits per heavy atom. The van der Waals surface area contributed by atoms with E-state index < -0.39 is 16.1 Å². The van der Waals surface area contributed by atoms with E-state index in [0.717, 1.165) is 0 Å². The van der Waals surface area contributed by atoms with Gasteiger partial charge in [-0.3, -0.25) is 0 Å². The average molecular weight is 538 g/mol. The monoisotopic (exact) mass is 537 g/mol. The van der Waals surface area contributed by atoms with Crippen molar-refractivity contribution < 1.29 is 0 Å². The summed E-state index contributed by atoms with van der Waals surface area (Å²) in [5.74, 6) is 0. The van der Waals surface area contributed by atoms with Crippen molar-refractivity contribution in [1.82, 2.24) is 4.44 Å². The first-order valence-electron chi connectivity index (χ1n) is 14.0. The van der Waals surface area contributed by atoms with Crippen LogP contribution in [-0.2, 0) is 0 Å². The highest BCUT2D eigenvalue weighted by Gasteiger charge is 2.45. The lowest BCUT2D eigenvalue weighted by molar-refractivity contribution is 0.569. The van der Waals surface area contributed by atoms with Crippen molar-refractivity contribution in [3.8, 4) is 0 Å². The molecule has 1 heterocycles. The Balaban J connectivity index is 1.73. The van der Waals surface area contributed by atoms with Gasteiger partial charge in [-0.05, 0) is 108 Å². The molecule has 2 atom stereocenters. The molecule has 4 aromatic carbocycles. The number of benzene rings is 4. The molecule has 0 radical (unpaired) electrons. The van der Waals surface area contributed by atoms with Gasteiger partial charge in [0.2, 0.25) is 0 Å². The topological polar surface area (TPSA) is 3.24 Å². The van der Waals surface area contributed by atoms with Crippen LogP contribution in [0.5, 0.6) is 0 Å². The number of nitrogens with zero attached hydrogens (tertiary/aromatic N) is 1. The molecule has 0 bridgehead atoms. The Labute approximate surface area is 232 Å². The Kier molecular flexibility index (Phi) is 8.50. The molecule has 1 fully saturated rings. The van der Waals surface area contributed by atoms with Gasteiger partial charge in [0.05, 0.1) is 0 Å². The second-order valence-electron chi connectivity index (χ2n) is 11.2. The van der Waals surface area contributed by atoms with E-state index in [4.69, 9.17) is 0 Å². The van der Waals surface area contributed by atoms with Gasteiger partial charge in [0, 0.05) is 25.4 Å². The first-order valence-corrected chi connectivity index (χ1v) is 16.7. The third kappa shape index (κ3) is 5.82. The van der Waals surface area contributed by atoms with Gasteiger partial charge >= 0.3 is 0 Å². The smallest absolute Gasteiger partial charge is 0.0321 e. The van der Waals surface area contributed by atoms with E-state index in [1.807, 2.05) is 0 Å². The minimum absolute atomic E-state index is 0.435. The van der Waals surface area contributed by atoms with E-state index in [1.165, 1.54) is 56.8 Å². The third-order valence-corrected chi connectivity index (χ3v) is 14.4. The molecule has 0 unspecified atom stereocenters. The van der Waals surface area contributed by atoms with E-state index in [0.29, 0.717) is 17.4 Å². The van der Waals surface area contributed by atoms with E-state index in [9.17, 15) is 0 Å². The minimum atomic E-state index is -0.701. The van der Waals surface area contributed by atoms with Crippen LogP contribution in [0.25, 0.3) is 0 Å². The molecule has 0 spiro atoms. The van der Waals surface area contributed by atoms with E-state index in [-0.39, 0.29) is 0 Å². The molecule has 0 N–H and O–H groups in total. The molecule has 1 aliphatic heterocycles. The molecule has 5 rings (SSSR count). The highest BCUT2D eigenvalue weighted by atomic mass is 31.2. The zero-order valence-corrected chi connectivity index (χ0v) is 25.5. The first kappa shape index (κ1) is 27.3. The standard InChI is InChI=1S/C35H41NP2/c1-25(2)36(37(32-21-26(3)19-27(4)22-32)33-23-28(5)20-29(6)24-33)38-34(30-13-9-7-10-14-30)17-18-35(38)31-15-11-8-12-16-31/h7-16,19-25,34-35H,17-18H2,1-6H3/t34-,35-/m0/s1. The summed E-state index contributed by atoms with van der Waals surface area (Å²) in [4.78, 5) is 0. The number of rotatable bonds is 7. The number of aryl methyl sites for hydroxylation is 4. The van der Waals surface area contributed by atoms with Gasteiger partial charge < -0.3 is 0 Å². The molecule has 0 aliphatic carbocycles. The van der Waals surface area contributed by atoms with Crippen molar-refractivity contribution in [2.24, 2.45) is 0 Å². The second kappa shape index (κ2) is 11.8. The molecular formula is C35H41NP2. The van der Waals surface area contributed by atoms with Gasteiger partial charge in [-0.1, -0.05) is 95.1 Å². The summed E-state index contributed by atoms with van der Waals surface area (Å²) in [5.41, 5.74) is 9.61. The zero-order chi connectivity index (χ0) is 26.8. The van der Waals surface area contributed by atoms with Crippen molar-refractivity contribution >= 4 is 26.8 Å². The van der Waals surface area contributed by atoms with Crippen LogP contribution in [0.15, 0.2) is 97.1 Å². The lowest BCUT2D eigenvalue weighted by Gasteiger charge is -2.45. The average Bonchev–Trinajstić information content (AvgIpc) is 3.31. The Morgan fingerprint density at radius 1 is 0.605 bits per heavy atom. The van der Waals surface area contributed by atoms with Crippen LogP contribution in [0.2, 0.25) is 0 Å². The highest BCUT2D eigenvalue weighted by Crippen LogP contribution is 2.76. The summed E-state index contributed by atoms with van der Waals surface area (Å²) in [6.45, 7) is 13.9. The van der Waals surface area contributed by atoms with Crippen LogP contribution < -0.4 is 10.6 Å². The van der Waals surface area contributed by atoms with Gasteiger partial charge in [0.15, 0.2) is 0 Å². The first-order chi connectivity index (χ1) is 18.3. The molecule has 1 saturated heterocycles. The summed E-state index contributed by atoms with van der Waals surface area (Å²) < 4.78 is 3.01. The summed E-state index contributed by atoms with van der Waals surface area (Å²) in [5, 5.41) is 2.98. The van der Waals surface area contributed by atoms with Crippen LogP contribution in [0.4, 0.5) is 0 Å². The number of hydrogen-bond acceptors (Lipinski definition) is 1. The predicted molar refractivity (Wildman–Crippen MR) is 170 cm³/mol. The Bertz CT molecular complexity index is 1230. The fourth-order valence-electron chi connectivity index (χ4n) is 6.20. The van der Waals surface area contributed by atoms with Gasteiger partial charge in [0.25, 0.3) is 0 Å². The quantitative estimate of drug-likeness (QED) is 0.212. The molecule has 3 heteroatoms. The van der Waals surface area contributed by atoms with E-state index >= 15 is 0 Å². The van der Waals surface area contributed by atoms with E-state index in [1.54, 1.807) is 0 Å². The molecule has 0 amide bonds. The van der Waals surface area contributed by atoms with E-state index in [2.05, 4.69) is 143 Å². The maximum atomic E-state index is 3.01. The largest absolute Gasteiger partial charge is 0.249 e. The summed E-state index contributed by atoms with van der Waals surface area (Å²) in [7, 11) is -1.19. The second-order valence-corrected chi connectivity index (χ2v) is 16.1. The molecule has 0 saturated carbocycles. The van der Waals surface area contributed by atoms with Gasteiger partial charge in [-0.25, -0.2) is 4.44 Å². The normalized spacial score (nSPS) is 18.1. The van der Waals surface area contributed by atoms with Crippen molar-refractivity contribution in [3.63, 3.8) is 0 Å². The molecular weight excluding hydrogens is 496 g/mol. The van der Waals surface area contributed by atoms with Crippen LogP contribution in [0, 0.1) is 27.7 Å². The highest BCUT2D eigenvalue weighted by molar-refractivity contribution is 7.79. The van der Waals surface area contributed by atoms with Crippen LogP contribution in [-0.4, -0.2) is 10.5 Å². The van der Waals surface area contributed by atoms with Crippen LogP contribution >= 0.6 is 16.1 Å². The van der Waals surface area contributed by atoms with Gasteiger partial charge in [-0.15, -0.1) is 0 Å². The zero-order valence-electron chi connectivity index (χ0n) is 23.7. The van der Waals surface area contributed by atoms with Crippen LogP contribution in [0.1, 0.15) is 71.4 Å². The molecule has 1 nitrogen and oxygen atoms in total. The van der Waals surface area contributed by atoms with Crippen molar-refractivity contribution in [2.45, 2.75) is 71.7 Å².